The molecule has 10 nitrogen and oxygen atoms in total. The normalized spacial score (nSPS) is 14.5. The van der Waals surface area contributed by atoms with E-state index < -0.39 is 12.0 Å². The van der Waals surface area contributed by atoms with Gasteiger partial charge in [0.25, 0.3) is 5.91 Å². The van der Waals surface area contributed by atoms with E-state index in [2.05, 4.69) is 15.7 Å². The number of amides is 3. The Morgan fingerprint density at radius 2 is 1.79 bits per heavy atom. The number of nitrogens with zero attached hydrogens (tertiary/aromatic N) is 3. The number of rotatable bonds is 7. The van der Waals surface area contributed by atoms with Crippen LogP contribution in [0, 0.1) is 0 Å². The molecule has 0 radical (unpaired) electrons. The maximum atomic E-state index is 13.1. The lowest BCUT2D eigenvalue weighted by Crippen LogP contribution is -2.51. The summed E-state index contributed by atoms with van der Waals surface area (Å²) in [6.45, 7) is 2.71. The van der Waals surface area contributed by atoms with Gasteiger partial charge in [-0.05, 0) is 68.7 Å². The van der Waals surface area contributed by atoms with Gasteiger partial charge in [-0.3, -0.25) is 9.69 Å². The van der Waals surface area contributed by atoms with Crippen LogP contribution in [0.15, 0.2) is 53.6 Å². The molecule has 0 aliphatic carbocycles. The fourth-order valence-electron chi connectivity index (χ4n) is 3.62. The zero-order valence-corrected chi connectivity index (χ0v) is 18.4. The van der Waals surface area contributed by atoms with Gasteiger partial charge in [0.2, 0.25) is 0 Å². The van der Waals surface area contributed by atoms with E-state index in [4.69, 9.17) is 5.84 Å². The highest BCUT2D eigenvalue weighted by Gasteiger charge is 2.31. The Labute approximate surface area is 192 Å². The van der Waals surface area contributed by atoms with Gasteiger partial charge in [-0.25, -0.2) is 9.59 Å². The van der Waals surface area contributed by atoms with Crippen molar-refractivity contribution in [2.24, 2.45) is 10.9 Å². The van der Waals surface area contributed by atoms with E-state index in [-0.39, 0.29) is 11.9 Å². The smallest absolute Gasteiger partial charge is 0.326 e. The molecule has 1 fully saturated rings. The van der Waals surface area contributed by atoms with Gasteiger partial charge in [0, 0.05) is 35.7 Å². The number of carboxylic acids is 1. The minimum atomic E-state index is -1.09. The summed E-state index contributed by atoms with van der Waals surface area (Å²) >= 11 is 0. The lowest BCUT2D eigenvalue weighted by molar-refractivity contribution is -0.138. The van der Waals surface area contributed by atoms with Crippen molar-refractivity contribution in [1.29, 1.82) is 0 Å². The maximum Gasteiger partial charge on any atom is 0.326 e. The van der Waals surface area contributed by atoms with E-state index in [0.717, 1.165) is 19.3 Å². The number of nitrogens with one attached hydrogen (secondary N) is 2. The highest BCUT2D eigenvalue weighted by Crippen LogP contribution is 2.24. The van der Waals surface area contributed by atoms with Gasteiger partial charge in [0.15, 0.2) is 0 Å². The molecule has 2 aromatic rings. The molecule has 1 saturated heterocycles. The zero-order chi connectivity index (χ0) is 23.8. The van der Waals surface area contributed by atoms with Crippen molar-refractivity contribution >= 4 is 41.3 Å². The molecular formula is C23H28N6O4. The van der Waals surface area contributed by atoms with E-state index >= 15 is 0 Å². The summed E-state index contributed by atoms with van der Waals surface area (Å²) in [5, 5.41) is 18.5. The zero-order valence-electron chi connectivity index (χ0n) is 18.4. The quantitative estimate of drug-likeness (QED) is 0.220. The first kappa shape index (κ1) is 23.6. The van der Waals surface area contributed by atoms with Crippen molar-refractivity contribution in [2.75, 3.05) is 28.6 Å². The number of hydrogen-bond acceptors (Lipinski definition) is 5. The molecule has 0 bridgehead atoms. The average molecular weight is 453 g/mol. The summed E-state index contributed by atoms with van der Waals surface area (Å²) in [4.78, 5) is 40.4. The fourth-order valence-corrected chi connectivity index (χ4v) is 3.62. The summed E-state index contributed by atoms with van der Waals surface area (Å²) in [5.74, 6) is 3.66. The predicted molar refractivity (Wildman–Crippen MR) is 128 cm³/mol. The van der Waals surface area contributed by atoms with Gasteiger partial charge in [0.1, 0.15) is 12.4 Å². The summed E-state index contributed by atoms with van der Waals surface area (Å²) in [6.07, 6.45) is 4.18. The SMILES string of the molecule is C[C@@H](C(=O)O)N(C(=O)N1CCCCC1)c1ccc(NC(=O)c2cccc(NC=NN)c2)cc1. The molecule has 10 heteroatoms. The van der Waals surface area contributed by atoms with Crippen LogP contribution in [-0.4, -0.2) is 53.4 Å². The van der Waals surface area contributed by atoms with Gasteiger partial charge in [-0.2, -0.15) is 5.10 Å². The number of anilines is 3. The molecule has 5 N–H and O–H groups in total. The highest BCUT2D eigenvalue weighted by atomic mass is 16.4. The number of carbonyl (C=O) groups is 3. The molecular weight excluding hydrogens is 424 g/mol. The summed E-state index contributed by atoms with van der Waals surface area (Å²) in [6, 6.07) is 12.0. The predicted octanol–water partition coefficient (Wildman–Crippen LogP) is 3.14. The van der Waals surface area contributed by atoms with Crippen LogP contribution in [-0.2, 0) is 4.79 Å². The van der Waals surface area contributed by atoms with Gasteiger partial charge in [0.05, 0.1) is 0 Å². The van der Waals surface area contributed by atoms with Gasteiger partial charge in [-0.15, -0.1) is 0 Å². The van der Waals surface area contributed by atoms with E-state index in [1.165, 1.54) is 18.2 Å². The molecule has 1 heterocycles. The Balaban J connectivity index is 1.75. The van der Waals surface area contributed by atoms with E-state index in [9.17, 15) is 19.5 Å². The van der Waals surface area contributed by atoms with Gasteiger partial charge in [-0.1, -0.05) is 6.07 Å². The minimum absolute atomic E-state index is 0.323. The molecule has 0 saturated carbocycles. The Kier molecular flexibility index (Phi) is 7.85. The van der Waals surface area contributed by atoms with Crippen molar-refractivity contribution in [1.82, 2.24) is 4.90 Å². The van der Waals surface area contributed by atoms with Crippen molar-refractivity contribution < 1.29 is 19.5 Å². The van der Waals surface area contributed by atoms with Crippen LogP contribution < -0.4 is 21.4 Å². The Morgan fingerprint density at radius 1 is 1.09 bits per heavy atom. The lowest BCUT2D eigenvalue weighted by Gasteiger charge is -2.35. The first-order valence-electron chi connectivity index (χ1n) is 10.7. The van der Waals surface area contributed by atoms with Crippen molar-refractivity contribution in [2.45, 2.75) is 32.2 Å². The molecule has 1 aliphatic rings. The first-order chi connectivity index (χ1) is 15.9. The Hall–Kier alpha value is -4.08. The third-order valence-electron chi connectivity index (χ3n) is 5.41. The van der Waals surface area contributed by atoms with E-state index in [1.54, 1.807) is 53.4 Å². The Bertz CT molecular complexity index is 1020. The minimum Gasteiger partial charge on any atom is -0.480 e. The second kappa shape index (κ2) is 11.0. The number of benzene rings is 2. The lowest BCUT2D eigenvalue weighted by atomic mass is 10.1. The van der Waals surface area contributed by atoms with E-state index in [0.29, 0.717) is 35.7 Å². The van der Waals surface area contributed by atoms with Crippen LogP contribution in [0.1, 0.15) is 36.5 Å². The van der Waals surface area contributed by atoms with Gasteiger partial charge >= 0.3 is 12.0 Å². The number of nitrogens with two attached hydrogens (primary N) is 1. The topological polar surface area (TPSA) is 140 Å². The number of likely N-dealkylation sites (tertiary alicyclic amines) is 1. The molecule has 174 valence electrons. The second-order valence-corrected chi connectivity index (χ2v) is 7.72. The molecule has 2 aromatic carbocycles. The molecule has 0 unspecified atom stereocenters. The number of urea groups is 1. The second-order valence-electron chi connectivity index (χ2n) is 7.72. The molecule has 3 amide bonds. The largest absolute Gasteiger partial charge is 0.480 e. The highest BCUT2D eigenvalue weighted by molar-refractivity contribution is 6.05. The fraction of sp³-hybridized carbons (Fsp3) is 0.304. The van der Waals surface area contributed by atoms with E-state index in [1.807, 2.05) is 0 Å². The van der Waals surface area contributed by atoms with Crippen LogP contribution in [0.5, 0.6) is 0 Å². The standard InChI is InChI=1S/C23H28N6O4/c1-16(22(31)32)29(23(33)28-12-3-2-4-13-28)20-10-8-18(9-11-20)27-21(30)17-6-5-7-19(14-17)25-15-26-24/h5-11,14-16H,2-4,12-13,24H2,1H3,(H,25,26)(H,27,30)(H,31,32)/t16-/m0/s1. The van der Waals surface area contributed by atoms with Gasteiger partial charge < -0.3 is 26.5 Å². The summed E-state index contributed by atoms with van der Waals surface area (Å²) in [7, 11) is 0. The number of aliphatic carboxylic acids is 1. The summed E-state index contributed by atoms with van der Waals surface area (Å²) < 4.78 is 0. The van der Waals surface area contributed by atoms with Crippen LogP contribution in [0.3, 0.4) is 0 Å². The third kappa shape index (κ3) is 6.00. The van der Waals surface area contributed by atoms with Crippen LogP contribution >= 0.6 is 0 Å². The number of carboxylic acid groups (broad SMARTS) is 1. The molecule has 33 heavy (non-hydrogen) atoms. The Morgan fingerprint density at radius 3 is 2.42 bits per heavy atom. The van der Waals surface area contributed by atoms with Crippen molar-refractivity contribution in [3.05, 3.63) is 54.1 Å². The summed E-state index contributed by atoms with van der Waals surface area (Å²) in [5.41, 5.74) is 2.04. The maximum absolute atomic E-state index is 13.1. The molecule has 0 aromatic heterocycles. The molecule has 1 atom stereocenters. The number of carbonyl (C=O) groups excluding carboxylic acids is 2. The molecule has 1 aliphatic heterocycles. The monoisotopic (exact) mass is 452 g/mol. The average Bonchev–Trinajstić information content (AvgIpc) is 2.84. The van der Waals surface area contributed by atoms with Crippen LogP contribution in [0.4, 0.5) is 21.9 Å². The molecule has 3 rings (SSSR count). The third-order valence-corrected chi connectivity index (χ3v) is 5.41. The van der Waals surface area contributed by atoms with Crippen molar-refractivity contribution in [3.63, 3.8) is 0 Å². The molecule has 0 spiro atoms. The van der Waals surface area contributed by atoms with Crippen LogP contribution in [0.2, 0.25) is 0 Å². The van der Waals surface area contributed by atoms with Crippen LogP contribution in [0.25, 0.3) is 0 Å². The number of piperidine rings is 1. The first-order valence-corrected chi connectivity index (χ1v) is 10.7. The number of hydrogen-bond donors (Lipinski definition) is 4. The number of hydrazone groups is 1. The van der Waals surface area contributed by atoms with Crippen molar-refractivity contribution in [3.8, 4) is 0 Å².